The molecule has 2 aromatic rings. The summed E-state index contributed by atoms with van der Waals surface area (Å²) >= 11 is 9.09. The van der Waals surface area contributed by atoms with Gasteiger partial charge in [0.05, 0.1) is 21.1 Å². The Labute approximate surface area is 129 Å². The number of rotatable bonds is 3. The van der Waals surface area contributed by atoms with Gasteiger partial charge in [-0.3, -0.25) is 4.72 Å². The van der Waals surface area contributed by atoms with E-state index in [1.807, 2.05) is 6.07 Å². The molecule has 0 atom stereocenters. The molecule has 1 heterocycles. The molecule has 0 fully saturated rings. The zero-order valence-electron chi connectivity index (χ0n) is 9.84. The van der Waals surface area contributed by atoms with E-state index in [2.05, 4.69) is 25.6 Å². The maximum absolute atomic E-state index is 12.2. The molecule has 0 aliphatic heterocycles. The van der Waals surface area contributed by atoms with Gasteiger partial charge < -0.3 is 0 Å². The summed E-state index contributed by atoms with van der Waals surface area (Å²) < 4.78 is 27.3. The third kappa shape index (κ3) is 3.10. The van der Waals surface area contributed by atoms with Gasteiger partial charge in [-0.05, 0) is 46.3 Å². The maximum Gasteiger partial charge on any atom is 0.264 e. The second kappa shape index (κ2) is 5.79. The Morgan fingerprint density at radius 2 is 2.10 bits per heavy atom. The number of nitrogens with zero attached hydrogens (tertiary/aromatic N) is 2. The molecule has 0 bridgehead atoms. The molecule has 102 valence electrons. The Kier molecular flexibility index (Phi) is 4.28. The van der Waals surface area contributed by atoms with Crippen molar-refractivity contribution in [1.29, 1.82) is 5.26 Å². The molecule has 20 heavy (non-hydrogen) atoms. The van der Waals surface area contributed by atoms with Crippen molar-refractivity contribution >= 4 is 43.4 Å². The highest BCUT2D eigenvalue weighted by atomic mass is 79.9. The minimum atomic E-state index is -3.88. The number of nitriles is 1. The van der Waals surface area contributed by atoms with E-state index in [0.717, 1.165) is 0 Å². The van der Waals surface area contributed by atoms with Gasteiger partial charge in [0.15, 0.2) is 5.82 Å². The topological polar surface area (TPSA) is 82.8 Å². The van der Waals surface area contributed by atoms with Gasteiger partial charge >= 0.3 is 0 Å². The average Bonchev–Trinajstić information content (AvgIpc) is 2.40. The monoisotopic (exact) mass is 371 g/mol. The zero-order chi connectivity index (χ0) is 14.8. The van der Waals surface area contributed by atoms with E-state index in [4.69, 9.17) is 16.9 Å². The van der Waals surface area contributed by atoms with Crippen LogP contribution in [0.4, 0.5) is 5.82 Å². The first kappa shape index (κ1) is 14.8. The molecule has 0 saturated heterocycles. The van der Waals surface area contributed by atoms with Crippen LogP contribution in [0.1, 0.15) is 5.56 Å². The van der Waals surface area contributed by atoms with Crippen molar-refractivity contribution in [1.82, 2.24) is 4.98 Å². The van der Waals surface area contributed by atoms with Gasteiger partial charge in [0.1, 0.15) is 4.90 Å². The Morgan fingerprint density at radius 3 is 2.70 bits per heavy atom. The molecule has 1 N–H and O–H groups in total. The number of hydrogen-bond donors (Lipinski definition) is 1. The number of pyridine rings is 1. The SMILES string of the molecule is N#Cc1ccc(S(=O)(=O)Nc2ncccc2Br)c(Cl)c1. The lowest BCUT2D eigenvalue weighted by molar-refractivity contribution is 0.601. The fourth-order valence-corrected chi connectivity index (χ4v) is 3.49. The Hall–Kier alpha value is -1.62. The number of anilines is 1. The Bertz CT molecular complexity index is 803. The van der Waals surface area contributed by atoms with E-state index in [0.29, 0.717) is 4.47 Å². The van der Waals surface area contributed by atoms with Gasteiger partial charge in [-0.1, -0.05) is 11.6 Å². The van der Waals surface area contributed by atoms with E-state index in [1.54, 1.807) is 12.1 Å². The lowest BCUT2D eigenvalue weighted by Gasteiger charge is -2.09. The Balaban J connectivity index is 2.42. The number of hydrogen-bond acceptors (Lipinski definition) is 4. The van der Waals surface area contributed by atoms with Crippen molar-refractivity contribution in [2.75, 3.05) is 4.72 Å². The minimum absolute atomic E-state index is 0.0244. The standard InChI is InChI=1S/C12H7BrClN3O2S/c13-9-2-1-5-16-12(9)17-20(18,19)11-4-3-8(7-15)6-10(11)14/h1-6H,(H,16,17). The molecule has 0 radical (unpaired) electrons. The molecule has 0 unspecified atom stereocenters. The lowest BCUT2D eigenvalue weighted by Crippen LogP contribution is -2.14. The van der Waals surface area contributed by atoms with Crippen molar-refractivity contribution in [2.45, 2.75) is 4.90 Å². The Morgan fingerprint density at radius 1 is 1.35 bits per heavy atom. The van der Waals surface area contributed by atoms with Crippen LogP contribution in [-0.2, 0) is 10.0 Å². The van der Waals surface area contributed by atoms with Gasteiger partial charge in [0.2, 0.25) is 0 Å². The van der Waals surface area contributed by atoms with Crippen molar-refractivity contribution in [3.8, 4) is 6.07 Å². The van der Waals surface area contributed by atoms with Crippen LogP contribution in [-0.4, -0.2) is 13.4 Å². The quantitative estimate of drug-likeness (QED) is 0.897. The normalized spacial score (nSPS) is 10.8. The van der Waals surface area contributed by atoms with Crippen LogP contribution in [0.5, 0.6) is 0 Å². The zero-order valence-corrected chi connectivity index (χ0v) is 13.0. The van der Waals surface area contributed by atoms with Gasteiger partial charge in [0, 0.05) is 6.20 Å². The highest BCUT2D eigenvalue weighted by molar-refractivity contribution is 9.10. The van der Waals surface area contributed by atoms with Gasteiger partial charge in [-0.25, -0.2) is 13.4 Å². The minimum Gasteiger partial charge on any atom is -0.262 e. The molecule has 8 heteroatoms. The molecular weight excluding hydrogens is 366 g/mol. The molecule has 2 rings (SSSR count). The number of benzene rings is 1. The third-order valence-electron chi connectivity index (χ3n) is 2.34. The van der Waals surface area contributed by atoms with Crippen LogP contribution in [0, 0.1) is 11.3 Å². The number of aromatic nitrogens is 1. The van der Waals surface area contributed by atoms with E-state index >= 15 is 0 Å². The summed E-state index contributed by atoms with van der Waals surface area (Å²) in [6.07, 6.45) is 1.46. The molecule has 0 amide bonds. The van der Waals surface area contributed by atoms with E-state index in [9.17, 15) is 8.42 Å². The van der Waals surface area contributed by atoms with Crippen molar-refractivity contribution in [3.63, 3.8) is 0 Å². The van der Waals surface area contributed by atoms with Gasteiger partial charge in [-0.15, -0.1) is 0 Å². The van der Waals surface area contributed by atoms with E-state index in [1.165, 1.54) is 24.4 Å². The molecular formula is C12H7BrClN3O2S. The first-order chi connectivity index (χ1) is 9.44. The second-order valence-electron chi connectivity index (χ2n) is 3.70. The average molecular weight is 373 g/mol. The van der Waals surface area contributed by atoms with Crippen molar-refractivity contribution < 1.29 is 8.42 Å². The summed E-state index contributed by atoms with van der Waals surface area (Å²) in [7, 11) is -3.88. The highest BCUT2D eigenvalue weighted by Crippen LogP contribution is 2.26. The molecule has 1 aromatic carbocycles. The number of nitrogens with one attached hydrogen (secondary N) is 1. The maximum atomic E-state index is 12.2. The second-order valence-corrected chi connectivity index (χ2v) is 6.61. The molecule has 0 aliphatic rings. The molecule has 0 saturated carbocycles. The van der Waals surface area contributed by atoms with Gasteiger partial charge in [-0.2, -0.15) is 5.26 Å². The first-order valence-electron chi connectivity index (χ1n) is 5.27. The lowest BCUT2D eigenvalue weighted by atomic mass is 10.2. The summed E-state index contributed by atoms with van der Waals surface area (Å²) in [5.41, 5.74) is 0.285. The van der Waals surface area contributed by atoms with Crippen LogP contribution >= 0.6 is 27.5 Å². The highest BCUT2D eigenvalue weighted by Gasteiger charge is 2.19. The van der Waals surface area contributed by atoms with E-state index < -0.39 is 10.0 Å². The fraction of sp³-hybridized carbons (Fsp3) is 0. The molecule has 5 nitrogen and oxygen atoms in total. The van der Waals surface area contributed by atoms with Crippen molar-refractivity contribution in [3.05, 3.63) is 51.6 Å². The number of sulfonamides is 1. The fourth-order valence-electron chi connectivity index (χ4n) is 1.43. The predicted molar refractivity (Wildman–Crippen MR) is 78.9 cm³/mol. The van der Waals surface area contributed by atoms with Crippen LogP contribution in [0.2, 0.25) is 5.02 Å². The summed E-state index contributed by atoms with van der Waals surface area (Å²) in [5, 5.41) is 8.71. The van der Waals surface area contributed by atoms with Crippen LogP contribution in [0.3, 0.4) is 0 Å². The van der Waals surface area contributed by atoms with Crippen LogP contribution < -0.4 is 4.72 Å². The summed E-state index contributed by atoms with van der Waals surface area (Å²) in [4.78, 5) is 3.80. The summed E-state index contributed by atoms with van der Waals surface area (Å²) in [6, 6.07) is 9.16. The van der Waals surface area contributed by atoms with Crippen molar-refractivity contribution in [2.24, 2.45) is 0 Å². The molecule has 1 aromatic heterocycles. The smallest absolute Gasteiger partial charge is 0.262 e. The molecule has 0 aliphatic carbocycles. The largest absolute Gasteiger partial charge is 0.264 e. The van der Waals surface area contributed by atoms with Gasteiger partial charge in [0.25, 0.3) is 10.0 Å². The summed E-state index contributed by atoms with van der Waals surface area (Å²) in [5.74, 6) is 0.160. The predicted octanol–water partition coefficient (Wildman–Crippen LogP) is 3.17. The first-order valence-corrected chi connectivity index (χ1v) is 7.92. The number of halogens is 2. The van der Waals surface area contributed by atoms with E-state index in [-0.39, 0.29) is 21.3 Å². The van der Waals surface area contributed by atoms with Crippen LogP contribution in [0.15, 0.2) is 45.9 Å². The van der Waals surface area contributed by atoms with Crippen LogP contribution in [0.25, 0.3) is 0 Å². The summed E-state index contributed by atoms with van der Waals surface area (Å²) in [6.45, 7) is 0. The third-order valence-corrected chi connectivity index (χ3v) is 4.80. The molecule has 0 spiro atoms.